The summed E-state index contributed by atoms with van der Waals surface area (Å²) >= 11 is 1.69. The molecule has 2 aromatic rings. The topological polar surface area (TPSA) is 107 Å². The van der Waals surface area contributed by atoms with E-state index >= 15 is 0 Å². The van der Waals surface area contributed by atoms with E-state index in [1.54, 1.807) is 18.3 Å². The Morgan fingerprint density at radius 3 is 2.57 bits per heavy atom. The summed E-state index contributed by atoms with van der Waals surface area (Å²) in [4.78, 5) is 20.9. The van der Waals surface area contributed by atoms with Gasteiger partial charge in [0.15, 0.2) is 0 Å². The first-order valence-electron chi connectivity index (χ1n) is 6.41. The van der Waals surface area contributed by atoms with Gasteiger partial charge in [-0.2, -0.15) is 4.98 Å². The van der Waals surface area contributed by atoms with Gasteiger partial charge in [-0.1, -0.05) is 0 Å². The van der Waals surface area contributed by atoms with E-state index in [0.29, 0.717) is 0 Å². The maximum Gasteiger partial charge on any atom is 0.332 e. The van der Waals surface area contributed by atoms with Gasteiger partial charge in [0.2, 0.25) is 11.8 Å². The van der Waals surface area contributed by atoms with Crippen LogP contribution in [-0.4, -0.2) is 14.9 Å². The van der Waals surface area contributed by atoms with Crippen LogP contribution in [0.5, 0.6) is 0 Å². The Morgan fingerprint density at radius 2 is 2.05 bits per heavy atom. The average molecular weight is 307 g/mol. The SMILES string of the molecule is Cc1cc(C(C)Nc2nc(N)nc(C)c2[N+](=O)[O-])c(C)s1. The smallest absolute Gasteiger partial charge is 0.332 e. The van der Waals surface area contributed by atoms with Gasteiger partial charge in [0.1, 0.15) is 5.69 Å². The Balaban J connectivity index is 2.39. The number of anilines is 2. The van der Waals surface area contributed by atoms with E-state index in [2.05, 4.69) is 21.4 Å². The lowest BCUT2D eigenvalue weighted by molar-refractivity contribution is -0.385. The average Bonchev–Trinajstić information content (AvgIpc) is 2.66. The highest BCUT2D eigenvalue weighted by atomic mass is 32.1. The number of nitro groups is 1. The molecule has 0 aromatic carbocycles. The quantitative estimate of drug-likeness (QED) is 0.663. The summed E-state index contributed by atoms with van der Waals surface area (Å²) in [7, 11) is 0. The molecule has 2 heterocycles. The molecule has 0 aliphatic rings. The third-order valence-corrected chi connectivity index (χ3v) is 4.14. The van der Waals surface area contributed by atoms with Crippen LogP contribution in [0.1, 0.15) is 34.0 Å². The van der Waals surface area contributed by atoms with Crippen LogP contribution in [-0.2, 0) is 0 Å². The van der Waals surface area contributed by atoms with Crippen LogP contribution in [0.2, 0.25) is 0 Å². The molecule has 1 atom stereocenters. The van der Waals surface area contributed by atoms with Gasteiger partial charge >= 0.3 is 5.69 Å². The van der Waals surface area contributed by atoms with E-state index in [4.69, 9.17) is 5.73 Å². The molecule has 0 bridgehead atoms. The first kappa shape index (κ1) is 15.2. The number of aromatic nitrogens is 2. The number of nitrogens with one attached hydrogen (secondary N) is 1. The highest BCUT2D eigenvalue weighted by Crippen LogP contribution is 2.32. The van der Waals surface area contributed by atoms with Crippen LogP contribution in [0.4, 0.5) is 17.5 Å². The van der Waals surface area contributed by atoms with E-state index in [1.165, 1.54) is 9.75 Å². The zero-order valence-corrected chi connectivity index (χ0v) is 13.1. The largest absolute Gasteiger partial charge is 0.368 e. The standard InChI is InChI=1S/C13H17N5O2S/c1-6-5-10(9(4)21-6)7(2)15-12-11(18(19)20)8(3)16-13(14)17-12/h5,7H,1-4H3,(H3,14,15,16,17). The molecule has 3 N–H and O–H groups in total. The minimum atomic E-state index is -0.491. The van der Waals surface area contributed by atoms with Gasteiger partial charge in [-0.05, 0) is 39.3 Å². The van der Waals surface area contributed by atoms with E-state index in [1.807, 2.05) is 20.8 Å². The van der Waals surface area contributed by atoms with Crippen LogP contribution >= 0.6 is 11.3 Å². The van der Waals surface area contributed by atoms with Crippen LogP contribution in [0.15, 0.2) is 6.07 Å². The first-order valence-corrected chi connectivity index (χ1v) is 7.23. The molecule has 0 fully saturated rings. The lowest BCUT2D eigenvalue weighted by atomic mass is 10.1. The van der Waals surface area contributed by atoms with Gasteiger partial charge in [0, 0.05) is 9.75 Å². The van der Waals surface area contributed by atoms with Crippen molar-refractivity contribution in [2.45, 2.75) is 33.7 Å². The second kappa shape index (κ2) is 5.65. The third kappa shape index (κ3) is 3.10. The zero-order valence-electron chi connectivity index (χ0n) is 12.3. The molecule has 0 amide bonds. The van der Waals surface area contributed by atoms with Crippen molar-refractivity contribution in [1.29, 1.82) is 0 Å². The molecule has 112 valence electrons. The molecule has 1 unspecified atom stereocenters. The number of nitrogen functional groups attached to an aromatic ring is 1. The fourth-order valence-electron chi connectivity index (χ4n) is 2.27. The van der Waals surface area contributed by atoms with Gasteiger partial charge < -0.3 is 11.1 Å². The number of thiophene rings is 1. The molecule has 0 aliphatic heterocycles. The van der Waals surface area contributed by atoms with Crippen molar-refractivity contribution in [2.75, 3.05) is 11.1 Å². The second-order valence-corrected chi connectivity index (χ2v) is 6.32. The third-order valence-electron chi connectivity index (χ3n) is 3.16. The fourth-order valence-corrected chi connectivity index (χ4v) is 3.29. The second-order valence-electron chi connectivity index (χ2n) is 4.86. The molecule has 2 rings (SSSR count). The van der Waals surface area contributed by atoms with Crippen molar-refractivity contribution in [3.05, 3.63) is 37.2 Å². The lowest BCUT2D eigenvalue weighted by Crippen LogP contribution is -2.13. The molecule has 0 saturated carbocycles. The number of hydrogen-bond donors (Lipinski definition) is 2. The van der Waals surface area contributed by atoms with E-state index in [0.717, 1.165) is 5.56 Å². The lowest BCUT2D eigenvalue weighted by Gasteiger charge is -2.15. The number of aryl methyl sites for hydroxylation is 3. The van der Waals surface area contributed by atoms with Gasteiger partial charge in [-0.3, -0.25) is 10.1 Å². The van der Waals surface area contributed by atoms with E-state index < -0.39 is 4.92 Å². The van der Waals surface area contributed by atoms with Crippen LogP contribution in [0.3, 0.4) is 0 Å². The van der Waals surface area contributed by atoms with Crippen LogP contribution in [0, 0.1) is 30.9 Å². The first-order chi connectivity index (χ1) is 9.79. The zero-order chi connectivity index (χ0) is 15.7. The number of nitrogens with zero attached hydrogens (tertiary/aromatic N) is 3. The van der Waals surface area contributed by atoms with Crippen LogP contribution < -0.4 is 11.1 Å². The summed E-state index contributed by atoms with van der Waals surface area (Å²) < 4.78 is 0. The predicted octanol–water partition coefficient (Wildman–Crippen LogP) is 3.13. The van der Waals surface area contributed by atoms with Gasteiger partial charge in [0.05, 0.1) is 11.0 Å². The predicted molar refractivity (Wildman–Crippen MR) is 83.7 cm³/mol. The summed E-state index contributed by atoms with van der Waals surface area (Å²) in [6, 6.07) is 1.96. The summed E-state index contributed by atoms with van der Waals surface area (Å²) in [5.74, 6) is 0.173. The minimum Gasteiger partial charge on any atom is -0.368 e. The molecule has 0 aliphatic carbocycles. The Hall–Kier alpha value is -2.22. The molecule has 0 radical (unpaired) electrons. The summed E-state index contributed by atoms with van der Waals surface area (Å²) in [6.07, 6.45) is 0. The molecule has 0 saturated heterocycles. The Morgan fingerprint density at radius 1 is 1.38 bits per heavy atom. The highest BCUT2D eigenvalue weighted by molar-refractivity contribution is 7.12. The fraction of sp³-hybridized carbons (Fsp3) is 0.385. The summed E-state index contributed by atoms with van der Waals surface area (Å²) in [5, 5.41) is 14.3. The maximum atomic E-state index is 11.2. The molecule has 21 heavy (non-hydrogen) atoms. The molecule has 7 nitrogen and oxygen atoms in total. The van der Waals surface area contributed by atoms with Gasteiger partial charge in [0.25, 0.3) is 0 Å². The molecular weight excluding hydrogens is 290 g/mol. The number of nitrogens with two attached hydrogens (primary N) is 1. The molecule has 2 aromatic heterocycles. The van der Waals surface area contributed by atoms with Crippen LogP contribution in [0.25, 0.3) is 0 Å². The normalized spacial score (nSPS) is 12.2. The Bertz CT molecular complexity index is 698. The monoisotopic (exact) mass is 307 g/mol. The van der Waals surface area contributed by atoms with Crippen molar-refractivity contribution in [2.24, 2.45) is 0 Å². The Labute approximate surface area is 126 Å². The molecular formula is C13H17N5O2S. The van der Waals surface area contributed by atoms with Crippen molar-refractivity contribution >= 4 is 28.8 Å². The molecule has 0 spiro atoms. The summed E-state index contributed by atoms with van der Waals surface area (Å²) in [5.41, 5.74) is 6.80. The summed E-state index contributed by atoms with van der Waals surface area (Å²) in [6.45, 7) is 7.54. The maximum absolute atomic E-state index is 11.2. The minimum absolute atomic E-state index is 0.0195. The van der Waals surface area contributed by atoms with Gasteiger partial charge in [-0.25, -0.2) is 4.98 Å². The van der Waals surface area contributed by atoms with Gasteiger partial charge in [-0.15, -0.1) is 11.3 Å². The number of rotatable bonds is 4. The Kier molecular flexibility index (Phi) is 4.08. The molecule has 8 heteroatoms. The van der Waals surface area contributed by atoms with Crippen molar-refractivity contribution in [3.8, 4) is 0 Å². The highest BCUT2D eigenvalue weighted by Gasteiger charge is 2.23. The van der Waals surface area contributed by atoms with Crippen molar-refractivity contribution < 1.29 is 4.92 Å². The van der Waals surface area contributed by atoms with Crippen molar-refractivity contribution in [1.82, 2.24) is 9.97 Å². The van der Waals surface area contributed by atoms with E-state index in [-0.39, 0.29) is 29.2 Å². The van der Waals surface area contributed by atoms with Crippen molar-refractivity contribution in [3.63, 3.8) is 0 Å². The van der Waals surface area contributed by atoms with E-state index in [9.17, 15) is 10.1 Å². The number of hydrogen-bond acceptors (Lipinski definition) is 7.